The van der Waals surface area contributed by atoms with E-state index in [0.29, 0.717) is 5.69 Å². The average Bonchev–Trinajstić information content (AvgIpc) is 2.28. The van der Waals surface area contributed by atoms with Crippen LogP contribution in [0.3, 0.4) is 0 Å². The van der Waals surface area contributed by atoms with Crippen LogP contribution in [0.4, 0.5) is 0 Å². The van der Waals surface area contributed by atoms with Gasteiger partial charge in [-0.25, -0.2) is 4.98 Å². The molecule has 0 aliphatic carbocycles. The number of carbonyl (C=O) groups excluding carboxylic acids is 1. The van der Waals surface area contributed by atoms with Crippen molar-refractivity contribution in [2.24, 2.45) is 5.73 Å². The van der Waals surface area contributed by atoms with Crippen molar-refractivity contribution >= 4 is 21.9 Å². The number of pyridine rings is 1. The number of nitrogens with two attached hydrogens (primary N) is 1. The van der Waals surface area contributed by atoms with Crippen LogP contribution in [0.25, 0.3) is 0 Å². The van der Waals surface area contributed by atoms with E-state index < -0.39 is 12.0 Å². The van der Waals surface area contributed by atoms with Gasteiger partial charge < -0.3 is 10.5 Å². The van der Waals surface area contributed by atoms with Crippen molar-refractivity contribution in [2.75, 3.05) is 7.11 Å². The van der Waals surface area contributed by atoms with Crippen LogP contribution in [-0.4, -0.2) is 24.1 Å². The smallest absolute Gasteiger partial charge is 0.323 e. The van der Waals surface area contributed by atoms with E-state index in [1.165, 1.54) is 7.11 Å². The molecule has 1 heterocycles. The number of rotatable bonds is 2. The number of halogens is 1. The molecular formula is C11H11BrN2O2. The maximum absolute atomic E-state index is 11.0. The second-order valence-corrected chi connectivity index (χ2v) is 3.79. The monoisotopic (exact) mass is 282 g/mol. The standard InChI is InChI=1S/C11H11BrN2O2/c1-16-11(15)9(13)6-2-4-8-5-3-7-10(12)14-8/h3,5,7,9H,6,13H2,1H3/t9-/m0/s1. The molecule has 0 amide bonds. The highest BCUT2D eigenvalue weighted by Crippen LogP contribution is 2.05. The van der Waals surface area contributed by atoms with E-state index in [2.05, 4.69) is 37.5 Å². The molecule has 1 aromatic heterocycles. The van der Waals surface area contributed by atoms with Gasteiger partial charge in [0.25, 0.3) is 0 Å². The van der Waals surface area contributed by atoms with E-state index >= 15 is 0 Å². The number of carbonyl (C=O) groups is 1. The van der Waals surface area contributed by atoms with Gasteiger partial charge in [0, 0.05) is 6.42 Å². The van der Waals surface area contributed by atoms with Gasteiger partial charge in [-0.1, -0.05) is 12.0 Å². The van der Waals surface area contributed by atoms with Gasteiger partial charge in [0.1, 0.15) is 16.3 Å². The molecule has 0 unspecified atom stereocenters. The van der Waals surface area contributed by atoms with Crippen molar-refractivity contribution in [1.82, 2.24) is 4.98 Å². The van der Waals surface area contributed by atoms with Crippen LogP contribution in [0, 0.1) is 11.8 Å². The molecule has 0 radical (unpaired) electrons. The third-order valence-corrected chi connectivity index (χ3v) is 2.20. The van der Waals surface area contributed by atoms with Crippen LogP contribution < -0.4 is 5.73 Å². The third kappa shape index (κ3) is 4.01. The maximum atomic E-state index is 11.0. The molecule has 1 aromatic rings. The minimum Gasteiger partial charge on any atom is -0.468 e. The summed E-state index contributed by atoms with van der Waals surface area (Å²) in [5.74, 6) is 5.14. The molecule has 0 aliphatic rings. The van der Waals surface area contributed by atoms with E-state index in [4.69, 9.17) is 5.73 Å². The number of ether oxygens (including phenoxy) is 1. The summed E-state index contributed by atoms with van der Waals surface area (Å²) in [7, 11) is 1.30. The first-order chi connectivity index (χ1) is 7.63. The first kappa shape index (κ1) is 12.7. The van der Waals surface area contributed by atoms with Crippen LogP contribution in [0.15, 0.2) is 22.8 Å². The fourth-order valence-electron chi connectivity index (χ4n) is 0.964. The topological polar surface area (TPSA) is 65.2 Å². The van der Waals surface area contributed by atoms with Gasteiger partial charge in [-0.15, -0.1) is 0 Å². The van der Waals surface area contributed by atoms with Gasteiger partial charge in [0.05, 0.1) is 7.11 Å². The highest BCUT2D eigenvalue weighted by Gasteiger charge is 2.10. The maximum Gasteiger partial charge on any atom is 0.323 e. The number of aromatic nitrogens is 1. The van der Waals surface area contributed by atoms with E-state index in [1.54, 1.807) is 6.07 Å². The number of nitrogens with zero attached hydrogens (tertiary/aromatic N) is 1. The molecule has 4 nitrogen and oxygen atoms in total. The lowest BCUT2D eigenvalue weighted by molar-refractivity contribution is -0.142. The van der Waals surface area contributed by atoms with Gasteiger partial charge in [-0.3, -0.25) is 4.79 Å². The predicted molar refractivity (Wildman–Crippen MR) is 63.4 cm³/mol. The molecule has 0 bridgehead atoms. The van der Waals surface area contributed by atoms with Crippen LogP contribution in [0.2, 0.25) is 0 Å². The second-order valence-electron chi connectivity index (χ2n) is 2.98. The predicted octanol–water partition coefficient (Wildman–Crippen LogP) is 1.09. The molecule has 2 N–H and O–H groups in total. The number of methoxy groups -OCH3 is 1. The molecule has 1 atom stereocenters. The summed E-state index contributed by atoms with van der Waals surface area (Å²) in [5, 5.41) is 0. The largest absolute Gasteiger partial charge is 0.468 e. The molecule has 0 aliphatic heterocycles. The fraction of sp³-hybridized carbons (Fsp3) is 0.273. The van der Waals surface area contributed by atoms with E-state index in [-0.39, 0.29) is 6.42 Å². The molecule has 16 heavy (non-hydrogen) atoms. The van der Waals surface area contributed by atoms with Crippen molar-refractivity contribution in [1.29, 1.82) is 0 Å². The summed E-state index contributed by atoms with van der Waals surface area (Å²) in [6, 6.07) is 4.72. The summed E-state index contributed by atoms with van der Waals surface area (Å²) in [6.45, 7) is 0. The van der Waals surface area contributed by atoms with Gasteiger partial charge >= 0.3 is 5.97 Å². The first-order valence-corrected chi connectivity index (χ1v) is 5.37. The molecule has 0 saturated heterocycles. The van der Waals surface area contributed by atoms with Crippen LogP contribution in [0.5, 0.6) is 0 Å². The zero-order chi connectivity index (χ0) is 12.0. The summed E-state index contributed by atoms with van der Waals surface area (Å²) in [6.07, 6.45) is 0.251. The number of hydrogen-bond acceptors (Lipinski definition) is 4. The van der Waals surface area contributed by atoms with E-state index in [9.17, 15) is 4.79 Å². The number of esters is 1. The van der Waals surface area contributed by atoms with Crippen LogP contribution >= 0.6 is 15.9 Å². The van der Waals surface area contributed by atoms with Gasteiger partial charge in [-0.2, -0.15) is 0 Å². The Labute approximate surface area is 102 Å². The Morgan fingerprint density at radius 1 is 1.69 bits per heavy atom. The minimum atomic E-state index is -0.704. The Morgan fingerprint density at radius 2 is 2.44 bits per heavy atom. The lowest BCUT2D eigenvalue weighted by atomic mass is 10.2. The van der Waals surface area contributed by atoms with Crippen LogP contribution in [0.1, 0.15) is 12.1 Å². The van der Waals surface area contributed by atoms with Gasteiger partial charge in [-0.05, 0) is 34.0 Å². The molecule has 0 spiro atoms. The Bertz CT molecular complexity index is 437. The van der Waals surface area contributed by atoms with E-state index in [0.717, 1.165) is 4.60 Å². The summed E-state index contributed by atoms with van der Waals surface area (Å²) in [4.78, 5) is 15.1. The van der Waals surface area contributed by atoms with Crippen molar-refractivity contribution in [3.63, 3.8) is 0 Å². The van der Waals surface area contributed by atoms with Gasteiger partial charge in [0.2, 0.25) is 0 Å². The Hall–Kier alpha value is -1.38. The molecule has 0 saturated carbocycles. The molecule has 1 rings (SSSR count). The Balaban J connectivity index is 2.59. The molecule has 0 aromatic carbocycles. The van der Waals surface area contributed by atoms with Gasteiger partial charge in [0.15, 0.2) is 0 Å². The molecule has 84 valence electrons. The normalized spacial score (nSPS) is 11.2. The summed E-state index contributed by atoms with van der Waals surface area (Å²) >= 11 is 3.24. The summed E-state index contributed by atoms with van der Waals surface area (Å²) in [5.41, 5.74) is 6.15. The molecule has 0 fully saturated rings. The summed E-state index contributed by atoms with van der Waals surface area (Å²) < 4.78 is 5.20. The minimum absolute atomic E-state index is 0.251. The van der Waals surface area contributed by atoms with Crippen LogP contribution in [-0.2, 0) is 9.53 Å². The SMILES string of the molecule is COC(=O)[C@@H](N)CC#Cc1cccc(Br)n1. The third-order valence-electron chi connectivity index (χ3n) is 1.76. The Kier molecular flexibility index (Phi) is 4.96. The molecular weight excluding hydrogens is 272 g/mol. The second kappa shape index (κ2) is 6.26. The van der Waals surface area contributed by atoms with Crippen molar-refractivity contribution in [3.05, 3.63) is 28.5 Å². The van der Waals surface area contributed by atoms with E-state index in [1.807, 2.05) is 12.1 Å². The number of hydrogen-bond donors (Lipinski definition) is 1. The zero-order valence-electron chi connectivity index (χ0n) is 8.74. The lowest BCUT2D eigenvalue weighted by Gasteiger charge is -2.03. The first-order valence-electron chi connectivity index (χ1n) is 4.58. The molecule has 5 heteroatoms. The quantitative estimate of drug-likeness (QED) is 0.501. The highest BCUT2D eigenvalue weighted by molar-refractivity contribution is 9.10. The van der Waals surface area contributed by atoms with Crippen molar-refractivity contribution in [2.45, 2.75) is 12.5 Å². The van der Waals surface area contributed by atoms with Crippen molar-refractivity contribution in [3.8, 4) is 11.8 Å². The average molecular weight is 283 g/mol. The lowest BCUT2D eigenvalue weighted by Crippen LogP contribution is -2.30. The fourth-order valence-corrected chi connectivity index (χ4v) is 1.31. The van der Waals surface area contributed by atoms with Crippen molar-refractivity contribution < 1.29 is 9.53 Å². The zero-order valence-corrected chi connectivity index (χ0v) is 10.3. The highest BCUT2D eigenvalue weighted by atomic mass is 79.9. The Morgan fingerprint density at radius 3 is 3.06 bits per heavy atom.